The zero-order valence-corrected chi connectivity index (χ0v) is 13.1. The minimum atomic E-state index is -1.01. The van der Waals surface area contributed by atoms with Crippen LogP contribution in [0.4, 0.5) is 0 Å². The first-order valence-corrected chi connectivity index (χ1v) is 7.57. The van der Waals surface area contributed by atoms with Crippen LogP contribution < -0.4 is 4.74 Å². The Hall–Kier alpha value is -2.06. The number of hydrogen-bond donors (Lipinski definition) is 1. The van der Waals surface area contributed by atoms with Crippen LogP contribution in [0, 0.1) is 11.3 Å². The molecule has 1 N–H and O–H groups in total. The Balaban J connectivity index is 2.12. The Labute approximate surface area is 131 Å². The Kier molecular flexibility index (Phi) is 5.04. The van der Waals surface area contributed by atoms with Crippen molar-refractivity contribution in [1.29, 1.82) is 5.26 Å². The Morgan fingerprint density at radius 3 is 2.64 bits per heavy atom. The first kappa shape index (κ1) is 16.3. The lowest BCUT2D eigenvalue weighted by atomic mass is 9.85. The fourth-order valence-electron chi connectivity index (χ4n) is 2.53. The number of aromatic carboxylic acids is 1. The van der Waals surface area contributed by atoms with E-state index < -0.39 is 11.4 Å². The summed E-state index contributed by atoms with van der Waals surface area (Å²) in [6.07, 6.45) is 2.46. The molecule has 1 aliphatic heterocycles. The Morgan fingerprint density at radius 2 is 2.05 bits per heavy atom. The fraction of sp³-hybridized carbons (Fsp3) is 0.529. The normalized spacial score (nSPS) is 15.5. The van der Waals surface area contributed by atoms with Crippen molar-refractivity contribution in [2.24, 2.45) is 0 Å². The van der Waals surface area contributed by atoms with Gasteiger partial charge in [-0.3, -0.25) is 4.90 Å². The summed E-state index contributed by atoms with van der Waals surface area (Å²) >= 11 is 0. The molecule has 1 aliphatic rings. The second kappa shape index (κ2) is 6.80. The Morgan fingerprint density at radius 1 is 1.36 bits per heavy atom. The number of benzene rings is 1. The smallest absolute Gasteiger partial charge is 0.335 e. The van der Waals surface area contributed by atoms with E-state index in [-0.39, 0.29) is 5.56 Å². The molecule has 22 heavy (non-hydrogen) atoms. The number of hydrogen-bond acceptors (Lipinski definition) is 4. The van der Waals surface area contributed by atoms with Crippen molar-refractivity contribution in [3.63, 3.8) is 0 Å². The highest BCUT2D eigenvalue weighted by Gasteiger charge is 2.22. The maximum atomic E-state index is 11.3. The fourth-order valence-corrected chi connectivity index (χ4v) is 2.53. The van der Waals surface area contributed by atoms with E-state index in [2.05, 4.69) is 11.0 Å². The third-order valence-corrected chi connectivity index (χ3v) is 4.03. The molecular weight excluding hydrogens is 280 g/mol. The molecule has 0 aromatic heterocycles. The van der Waals surface area contributed by atoms with Gasteiger partial charge in [0, 0.05) is 6.54 Å². The van der Waals surface area contributed by atoms with Crippen LogP contribution in [-0.4, -0.2) is 42.2 Å². The van der Waals surface area contributed by atoms with Gasteiger partial charge in [0.1, 0.15) is 12.4 Å². The standard InChI is InChI=1S/C17H22N2O3/c1-17(2,12-18)14-9-13(16(20)21)10-15(11-14)22-8-7-19-5-3-4-6-19/h9-11H,3-8H2,1-2H3,(H,20,21). The maximum absolute atomic E-state index is 11.3. The topological polar surface area (TPSA) is 73.6 Å². The van der Waals surface area contributed by atoms with Gasteiger partial charge in [-0.25, -0.2) is 4.79 Å². The van der Waals surface area contributed by atoms with E-state index in [9.17, 15) is 15.2 Å². The molecule has 0 bridgehead atoms. The van der Waals surface area contributed by atoms with E-state index in [4.69, 9.17) is 4.74 Å². The van der Waals surface area contributed by atoms with Gasteiger partial charge in [0.15, 0.2) is 0 Å². The molecule has 0 aliphatic carbocycles. The van der Waals surface area contributed by atoms with Crippen molar-refractivity contribution in [1.82, 2.24) is 4.90 Å². The van der Waals surface area contributed by atoms with E-state index in [1.807, 2.05) is 0 Å². The summed E-state index contributed by atoms with van der Waals surface area (Å²) in [6.45, 7) is 7.10. The number of ether oxygens (including phenoxy) is 1. The number of nitrogens with zero attached hydrogens (tertiary/aromatic N) is 2. The van der Waals surface area contributed by atoms with Crippen molar-refractivity contribution < 1.29 is 14.6 Å². The SMILES string of the molecule is CC(C)(C#N)c1cc(OCCN2CCCC2)cc(C(=O)O)c1. The highest BCUT2D eigenvalue weighted by Crippen LogP contribution is 2.28. The molecule has 0 amide bonds. The number of rotatable bonds is 6. The molecule has 5 heteroatoms. The van der Waals surface area contributed by atoms with Crippen molar-refractivity contribution >= 4 is 5.97 Å². The monoisotopic (exact) mass is 302 g/mol. The van der Waals surface area contributed by atoms with Crippen LogP contribution in [0.15, 0.2) is 18.2 Å². The molecule has 1 aromatic carbocycles. The molecular formula is C17H22N2O3. The second-order valence-electron chi connectivity index (χ2n) is 6.19. The molecule has 1 saturated heterocycles. The predicted octanol–water partition coefficient (Wildman–Crippen LogP) is 2.66. The van der Waals surface area contributed by atoms with Crippen molar-refractivity contribution in [2.45, 2.75) is 32.1 Å². The quantitative estimate of drug-likeness (QED) is 0.874. The highest BCUT2D eigenvalue weighted by molar-refractivity contribution is 5.88. The molecule has 1 aromatic rings. The van der Waals surface area contributed by atoms with Gasteiger partial charge in [-0.2, -0.15) is 5.26 Å². The lowest BCUT2D eigenvalue weighted by Crippen LogP contribution is -2.25. The van der Waals surface area contributed by atoms with Gasteiger partial charge in [0.25, 0.3) is 0 Å². The van der Waals surface area contributed by atoms with Crippen LogP contribution >= 0.6 is 0 Å². The summed E-state index contributed by atoms with van der Waals surface area (Å²) in [6, 6.07) is 7.02. The average molecular weight is 302 g/mol. The van der Waals surface area contributed by atoms with Gasteiger partial charge < -0.3 is 9.84 Å². The first-order valence-electron chi connectivity index (χ1n) is 7.57. The van der Waals surface area contributed by atoms with Crippen LogP contribution in [0.2, 0.25) is 0 Å². The lowest BCUT2D eigenvalue weighted by molar-refractivity contribution is 0.0696. The van der Waals surface area contributed by atoms with E-state index >= 15 is 0 Å². The van der Waals surface area contributed by atoms with Gasteiger partial charge in [0.05, 0.1) is 17.0 Å². The van der Waals surface area contributed by atoms with Gasteiger partial charge in [-0.15, -0.1) is 0 Å². The second-order valence-corrected chi connectivity index (χ2v) is 6.19. The predicted molar refractivity (Wildman–Crippen MR) is 83.2 cm³/mol. The van der Waals surface area contributed by atoms with Gasteiger partial charge in [0.2, 0.25) is 0 Å². The minimum Gasteiger partial charge on any atom is -0.492 e. The maximum Gasteiger partial charge on any atom is 0.335 e. The van der Waals surface area contributed by atoms with Crippen molar-refractivity contribution in [3.8, 4) is 11.8 Å². The zero-order chi connectivity index (χ0) is 16.2. The largest absolute Gasteiger partial charge is 0.492 e. The Bertz CT molecular complexity index is 584. The molecule has 5 nitrogen and oxygen atoms in total. The average Bonchev–Trinajstić information content (AvgIpc) is 3.00. The molecule has 118 valence electrons. The summed E-state index contributed by atoms with van der Waals surface area (Å²) in [5.41, 5.74) is 0.0569. The van der Waals surface area contributed by atoms with E-state index in [0.717, 1.165) is 19.6 Å². The van der Waals surface area contributed by atoms with Crippen LogP contribution in [0.5, 0.6) is 5.75 Å². The first-order chi connectivity index (χ1) is 10.4. The molecule has 0 radical (unpaired) electrons. The van der Waals surface area contributed by atoms with Crippen LogP contribution in [-0.2, 0) is 5.41 Å². The van der Waals surface area contributed by atoms with Gasteiger partial charge in [-0.05, 0) is 63.5 Å². The number of likely N-dealkylation sites (tertiary alicyclic amines) is 1. The van der Waals surface area contributed by atoms with E-state index in [1.54, 1.807) is 26.0 Å². The van der Waals surface area contributed by atoms with Crippen LogP contribution in [0.1, 0.15) is 42.6 Å². The van der Waals surface area contributed by atoms with E-state index in [1.165, 1.54) is 18.9 Å². The summed E-state index contributed by atoms with van der Waals surface area (Å²) < 4.78 is 5.72. The molecule has 0 unspecified atom stereocenters. The number of carboxylic acids is 1. The molecule has 1 fully saturated rings. The third kappa shape index (κ3) is 3.99. The minimum absolute atomic E-state index is 0.150. The third-order valence-electron chi connectivity index (χ3n) is 4.03. The summed E-state index contributed by atoms with van der Waals surface area (Å²) in [4.78, 5) is 13.6. The molecule has 0 saturated carbocycles. The molecule has 2 rings (SSSR count). The lowest BCUT2D eigenvalue weighted by Gasteiger charge is -2.19. The highest BCUT2D eigenvalue weighted by atomic mass is 16.5. The molecule has 0 atom stereocenters. The van der Waals surface area contributed by atoms with Crippen LogP contribution in [0.3, 0.4) is 0 Å². The van der Waals surface area contributed by atoms with Gasteiger partial charge in [-0.1, -0.05) is 0 Å². The number of carbonyl (C=O) groups is 1. The summed E-state index contributed by atoms with van der Waals surface area (Å²) in [7, 11) is 0. The summed E-state index contributed by atoms with van der Waals surface area (Å²) in [5.74, 6) is -0.502. The van der Waals surface area contributed by atoms with Crippen molar-refractivity contribution in [2.75, 3.05) is 26.2 Å². The number of carboxylic acid groups (broad SMARTS) is 1. The van der Waals surface area contributed by atoms with Crippen molar-refractivity contribution in [3.05, 3.63) is 29.3 Å². The molecule has 1 heterocycles. The number of nitriles is 1. The van der Waals surface area contributed by atoms with E-state index in [0.29, 0.717) is 17.9 Å². The van der Waals surface area contributed by atoms with Crippen LogP contribution in [0.25, 0.3) is 0 Å². The zero-order valence-electron chi connectivity index (χ0n) is 13.1. The molecule has 0 spiro atoms. The van der Waals surface area contributed by atoms with Gasteiger partial charge >= 0.3 is 5.97 Å². The summed E-state index contributed by atoms with van der Waals surface area (Å²) in [5, 5.41) is 18.5.